The second-order valence-corrected chi connectivity index (χ2v) is 5.41. The summed E-state index contributed by atoms with van der Waals surface area (Å²) in [5, 5.41) is 7.12. The Hall–Kier alpha value is -1.14. The molecule has 0 radical (unpaired) electrons. The van der Waals surface area contributed by atoms with Crippen molar-refractivity contribution in [3.63, 3.8) is 0 Å². The van der Waals surface area contributed by atoms with Crippen LogP contribution in [0.4, 0.5) is 0 Å². The molecule has 1 aromatic heterocycles. The van der Waals surface area contributed by atoms with Crippen molar-refractivity contribution in [1.82, 2.24) is 14.8 Å². The van der Waals surface area contributed by atoms with Crippen LogP contribution in [0.2, 0.25) is 0 Å². The maximum atomic E-state index is 5.24. The molecular weight excluding hydrogens is 314 g/mol. The average Bonchev–Trinajstić information content (AvgIpc) is 2.71. The molecule has 0 aliphatic heterocycles. The van der Waals surface area contributed by atoms with Crippen LogP contribution in [0, 0.1) is 4.77 Å². The molecule has 1 N–H and O–H groups in total. The summed E-state index contributed by atoms with van der Waals surface area (Å²) >= 11 is 8.71. The average molecular weight is 328 g/mol. The van der Waals surface area contributed by atoms with Gasteiger partial charge in [0.25, 0.3) is 0 Å². The predicted molar refractivity (Wildman–Crippen MR) is 77.5 cm³/mol. The lowest BCUT2D eigenvalue weighted by molar-refractivity contribution is 0.412. The van der Waals surface area contributed by atoms with Crippen molar-refractivity contribution in [1.29, 1.82) is 0 Å². The molecular formula is C12H14BrN3OS. The monoisotopic (exact) mass is 327 g/mol. The number of nitrogens with one attached hydrogen (secondary N) is 1. The molecule has 0 fully saturated rings. The van der Waals surface area contributed by atoms with Gasteiger partial charge < -0.3 is 4.74 Å². The highest BCUT2D eigenvalue weighted by molar-refractivity contribution is 9.10. The minimum Gasteiger partial charge on any atom is -0.496 e. The fourth-order valence-electron chi connectivity index (χ4n) is 1.79. The zero-order chi connectivity index (χ0) is 13.3. The number of rotatable bonds is 3. The molecule has 18 heavy (non-hydrogen) atoms. The fraction of sp³-hybridized carbons (Fsp3) is 0.333. The topological polar surface area (TPSA) is 42.8 Å². The van der Waals surface area contributed by atoms with Crippen LogP contribution >= 0.6 is 28.1 Å². The number of methoxy groups -OCH3 is 1. The molecule has 0 spiro atoms. The number of nitrogens with zero attached hydrogens (tertiary/aromatic N) is 2. The first kappa shape index (κ1) is 13.3. The standard InChI is InChI=1S/C12H14BrN3OS/c1-7(2)16-11(14-15-12(16)18)8-4-5-10(17-3)9(13)6-8/h4-7H,1-3H3,(H,15,18). The second-order valence-electron chi connectivity index (χ2n) is 4.17. The summed E-state index contributed by atoms with van der Waals surface area (Å²) < 4.78 is 8.73. The van der Waals surface area contributed by atoms with Gasteiger partial charge in [-0.15, -0.1) is 0 Å². The molecule has 2 aromatic rings. The van der Waals surface area contributed by atoms with E-state index in [1.807, 2.05) is 22.8 Å². The van der Waals surface area contributed by atoms with Crippen molar-refractivity contribution in [2.24, 2.45) is 0 Å². The van der Waals surface area contributed by atoms with Gasteiger partial charge in [0, 0.05) is 11.6 Å². The quantitative estimate of drug-likeness (QED) is 0.867. The lowest BCUT2D eigenvalue weighted by Crippen LogP contribution is -2.03. The molecule has 1 heterocycles. The zero-order valence-corrected chi connectivity index (χ0v) is 12.8. The van der Waals surface area contributed by atoms with Crippen molar-refractivity contribution in [2.45, 2.75) is 19.9 Å². The Bertz CT molecular complexity index is 618. The van der Waals surface area contributed by atoms with Gasteiger partial charge in [-0.2, -0.15) is 5.10 Å². The van der Waals surface area contributed by atoms with Crippen molar-refractivity contribution in [2.75, 3.05) is 7.11 Å². The van der Waals surface area contributed by atoms with Crippen molar-refractivity contribution in [3.05, 3.63) is 27.4 Å². The van der Waals surface area contributed by atoms with Gasteiger partial charge in [0.15, 0.2) is 10.6 Å². The summed E-state index contributed by atoms with van der Waals surface area (Å²) in [7, 11) is 1.64. The lowest BCUT2D eigenvalue weighted by Gasteiger charge is -2.11. The Morgan fingerprint density at radius 3 is 2.72 bits per heavy atom. The normalized spacial score (nSPS) is 10.9. The van der Waals surface area contributed by atoms with E-state index in [0.29, 0.717) is 4.77 Å². The summed E-state index contributed by atoms with van der Waals surface area (Å²) in [6.45, 7) is 4.15. The smallest absolute Gasteiger partial charge is 0.195 e. The molecule has 0 bridgehead atoms. The lowest BCUT2D eigenvalue weighted by atomic mass is 10.2. The molecule has 1 aromatic carbocycles. The number of aromatic amines is 1. The highest BCUT2D eigenvalue weighted by Crippen LogP contribution is 2.30. The number of hydrogen-bond acceptors (Lipinski definition) is 3. The van der Waals surface area contributed by atoms with Gasteiger partial charge in [0.2, 0.25) is 0 Å². The first-order valence-electron chi connectivity index (χ1n) is 5.55. The summed E-state index contributed by atoms with van der Waals surface area (Å²) in [6.07, 6.45) is 0. The van der Waals surface area contributed by atoms with Crippen LogP contribution in [0.3, 0.4) is 0 Å². The van der Waals surface area contributed by atoms with Crippen LogP contribution in [-0.2, 0) is 0 Å². The maximum Gasteiger partial charge on any atom is 0.195 e. The highest BCUT2D eigenvalue weighted by atomic mass is 79.9. The first-order chi connectivity index (χ1) is 8.54. The van der Waals surface area contributed by atoms with Crippen molar-refractivity contribution < 1.29 is 4.74 Å². The SMILES string of the molecule is COc1ccc(-c2n[nH]c(=S)n2C(C)C)cc1Br. The molecule has 0 amide bonds. The van der Waals surface area contributed by atoms with E-state index in [0.717, 1.165) is 21.6 Å². The maximum absolute atomic E-state index is 5.24. The molecule has 0 saturated heterocycles. The second kappa shape index (κ2) is 5.24. The number of aromatic nitrogens is 3. The Morgan fingerprint density at radius 2 is 2.17 bits per heavy atom. The fourth-order valence-corrected chi connectivity index (χ4v) is 2.68. The minimum absolute atomic E-state index is 0.257. The highest BCUT2D eigenvalue weighted by Gasteiger charge is 2.12. The molecule has 2 rings (SSSR count). The summed E-state index contributed by atoms with van der Waals surface area (Å²) in [5.74, 6) is 1.63. The van der Waals surface area contributed by atoms with Gasteiger partial charge in [-0.3, -0.25) is 9.67 Å². The van der Waals surface area contributed by atoms with E-state index in [-0.39, 0.29) is 6.04 Å². The Labute approximate surface area is 119 Å². The van der Waals surface area contributed by atoms with Crippen LogP contribution < -0.4 is 4.74 Å². The summed E-state index contributed by atoms with van der Waals surface area (Å²) in [4.78, 5) is 0. The number of hydrogen-bond donors (Lipinski definition) is 1. The Kier molecular flexibility index (Phi) is 3.87. The third-order valence-electron chi connectivity index (χ3n) is 2.63. The van der Waals surface area contributed by atoms with E-state index in [9.17, 15) is 0 Å². The van der Waals surface area contributed by atoms with Crippen LogP contribution in [0.5, 0.6) is 5.75 Å². The molecule has 6 heteroatoms. The zero-order valence-electron chi connectivity index (χ0n) is 10.4. The summed E-state index contributed by atoms with van der Waals surface area (Å²) in [6, 6.07) is 6.10. The molecule has 0 aliphatic rings. The van der Waals surface area contributed by atoms with E-state index >= 15 is 0 Å². The molecule has 4 nitrogen and oxygen atoms in total. The number of ether oxygens (including phenoxy) is 1. The Morgan fingerprint density at radius 1 is 1.44 bits per heavy atom. The Balaban J connectivity index is 2.56. The van der Waals surface area contributed by atoms with Crippen molar-refractivity contribution >= 4 is 28.1 Å². The number of H-pyrrole nitrogens is 1. The largest absolute Gasteiger partial charge is 0.496 e. The van der Waals surface area contributed by atoms with E-state index in [2.05, 4.69) is 40.0 Å². The van der Waals surface area contributed by atoms with Gasteiger partial charge in [0.05, 0.1) is 11.6 Å². The first-order valence-corrected chi connectivity index (χ1v) is 6.75. The van der Waals surface area contributed by atoms with Gasteiger partial charge in [-0.1, -0.05) is 0 Å². The molecule has 96 valence electrons. The van der Waals surface area contributed by atoms with Crippen LogP contribution in [0.25, 0.3) is 11.4 Å². The van der Waals surface area contributed by atoms with Gasteiger partial charge >= 0.3 is 0 Å². The van der Waals surface area contributed by atoms with E-state index in [1.165, 1.54) is 0 Å². The van der Waals surface area contributed by atoms with E-state index in [1.54, 1.807) is 7.11 Å². The predicted octanol–water partition coefficient (Wildman–Crippen LogP) is 3.96. The van der Waals surface area contributed by atoms with E-state index < -0.39 is 0 Å². The summed E-state index contributed by atoms with van der Waals surface area (Å²) in [5.41, 5.74) is 0.990. The molecule has 0 atom stereocenters. The van der Waals surface area contributed by atoms with Crippen molar-refractivity contribution in [3.8, 4) is 17.1 Å². The van der Waals surface area contributed by atoms with Crippen LogP contribution in [0.15, 0.2) is 22.7 Å². The third-order valence-corrected chi connectivity index (χ3v) is 3.54. The number of benzene rings is 1. The molecule has 0 unspecified atom stereocenters. The van der Waals surface area contributed by atoms with Crippen LogP contribution in [0.1, 0.15) is 19.9 Å². The van der Waals surface area contributed by atoms with Gasteiger partial charge in [-0.05, 0) is 60.2 Å². The van der Waals surface area contributed by atoms with Crippen LogP contribution in [-0.4, -0.2) is 21.9 Å². The third kappa shape index (κ3) is 2.35. The molecule has 0 aliphatic carbocycles. The minimum atomic E-state index is 0.257. The van der Waals surface area contributed by atoms with E-state index in [4.69, 9.17) is 17.0 Å². The number of halogens is 1. The molecule has 0 saturated carbocycles. The van der Waals surface area contributed by atoms with Gasteiger partial charge in [0.1, 0.15) is 5.75 Å². The van der Waals surface area contributed by atoms with Gasteiger partial charge in [-0.25, -0.2) is 0 Å².